The zero-order chi connectivity index (χ0) is 16.1. The van der Waals surface area contributed by atoms with E-state index in [4.69, 9.17) is 11.5 Å². The van der Waals surface area contributed by atoms with E-state index in [2.05, 4.69) is 4.99 Å². The molecule has 0 heterocycles. The summed E-state index contributed by atoms with van der Waals surface area (Å²) in [6.07, 6.45) is 0.402. The maximum absolute atomic E-state index is 13.0. The Bertz CT molecular complexity index is 674. The van der Waals surface area contributed by atoms with E-state index in [0.29, 0.717) is 6.42 Å². The molecule has 5 heteroatoms. The molecule has 0 fully saturated rings. The number of benzene rings is 2. The minimum atomic E-state index is -0.506. The fraction of sp³-hybridized carbons (Fsp3) is 0.176. The van der Waals surface area contributed by atoms with Crippen LogP contribution in [0.2, 0.25) is 0 Å². The summed E-state index contributed by atoms with van der Waals surface area (Å²) in [5, 5.41) is 0. The topological polar surface area (TPSA) is 81.5 Å². The second-order valence-electron chi connectivity index (χ2n) is 5.17. The van der Waals surface area contributed by atoms with Gasteiger partial charge in [-0.2, -0.15) is 4.99 Å². The molecule has 1 unspecified atom stereocenters. The summed E-state index contributed by atoms with van der Waals surface area (Å²) in [6.45, 7) is 1.97. The van der Waals surface area contributed by atoms with E-state index in [1.54, 1.807) is 12.1 Å². The van der Waals surface area contributed by atoms with Gasteiger partial charge in [-0.15, -0.1) is 0 Å². The Balaban J connectivity index is 2.32. The Labute approximate surface area is 128 Å². The molecule has 0 radical (unpaired) electrons. The number of guanidine groups is 1. The lowest BCUT2D eigenvalue weighted by molar-refractivity contribution is -0.119. The highest BCUT2D eigenvalue weighted by atomic mass is 19.1. The van der Waals surface area contributed by atoms with Gasteiger partial charge in [-0.1, -0.05) is 42.0 Å². The third kappa shape index (κ3) is 4.15. The van der Waals surface area contributed by atoms with E-state index in [1.165, 1.54) is 12.1 Å². The van der Waals surface area contributed by atoms with Gasteiger partial charge in [0.05, 0.1) is 5.92 Å². The molecule has 0 aliphatic heterocycles. The highest BCUT2D eigenvalue weighted by Gasteiger charge is 2.21. The monoisotopic (exact) mass is 299 g/mol. The van der Waals surface area contributed by atoms with Crippen molar-refractivity contribution in [1.82, 2.24) is 0 Å². The number of hydrogen-bond acceptors (Lipinski definition) is 1. The zero-order valence-electron chi connectivity index (χ0n) is 12.3. The molecule has 114 valence electrons. The predicted octanol–water partition coefficient (Wildman–Crippen LogP) is 2.26. The lowest BCUT2D eigenvalue weighted by Crippen LogP contribution is -2.26. The Kier molecular flexibility index (Phi) is 4.88. The number of rotatable bonds is 4. The largest absolute Gasteiger partial charge is 0.370 e. The molecule has 0 bridgehead atoms. The summed E-state index contributed by atoms with van der Waals surface area (Å²) in [4.78, 5) is 15.9. The lowest BCUT2D eigenvalue weighted by Gasteiger charge is -2.14. The van der Waals surface area contributed by atoms with Gasteiger partial charge in [-0.05, 0) is 36.6 Å². The fourth-order valence-corrected chi connectivity index (χ4v) is 2.21. The Hall–Kier alpha value is -2.69. The summed E-state index contributed by atoms with van der Waals surface area (Å²) < 4.78 is 13.0. The first-order valence-electron chi connectivity index (χ1n) is 6.90. The van der Waals surface area contributed by atoms with Crippen molar-refractivity contribution in [2.45, 2.75) is 19.3 Å². The van der Waals surface area contributed by atoms with Crippen molar-refractivity contribution in [3.05, 3.63) is 71.0 Å². The number of aryl methyl sites for hydroxylation is 1. The normalized spacial score (nSPS) is 11.7. The van der Waals surface area contributed by atoms with E-state index in [9.17, 15) is 9.18 Å². The molecule has 0 aliphatic carbocycles. The van der Waals surface area contributed by atoms with Crippen LogP contribution >= 0.6 is 0 Å². The number of nitrogens with zero attached hydrogens (tertiary/aromatic N) is 1. The SMILES string of the molecule is Cc1ccc(C(Cc2ccc(F)cc2)C(=O)N=C(N)N)cc1. The summed E-state index contributed by atoms with van der Waals surface area (Å²) in [5.74, 6) is -1.49. The van der Waals surface area contributed by atoms with Gasteiger partial charge in [0.1, 0.15) is 5.82 Å². The fourth-order valence-electron chi connectivity index (χ4n) is 2.21. The molecule has 0 saturated heterocycles. The van der Waals surface area contributed by atoms with Crippen LogP contribution in [0.25, 0.3) is 0 Å². The number of carbonyl (C=O) groups is 1. The average Bonchev–Trinajstić information content (AvgIpc) is 2.47. The average molecular weight is 299 g/mol. The standard InChI is InChI=1S/C17H18FN3O/c1-11-2-6-13(7-3-11)15(16(22)21-17(19)20)10-12-4-8-14(18)9-5-12/h2-9,15H,10H2,1H3,(H4,19,20,21,22). The molecule has 0 spiro atoms. The van der Waals surface area contributed by atoms with Gasteiger partial charge >= 0.3 is 0 Å². The van der Waals surface area contributed by atoms with Crippen molar-refractivity contribution in [3.63, 3.8) is 0 Å². The molecular formula is C17H18FN3O. The summed E-state index contributed by atoms with van der Waals surface area (Å²) in [5.41, 5.74) is 13.4. The molecule has 0 saturated carbocycles. The molecule has 0 aliphatic rings. The maximum Gasteiger partial charge on any atom is 0.256 e. The van der Waals surface area contributed by atoms with Crippen molar-refractivity contribution in [1.29, 1.82) is 0 Å². The summed E-state index contributed by atoms with van der Waals surface area (Å²) in [6, 6.07) is 13.6. The molecule has 4 nitrogen and oxygen atoms in total. The van der Waals surface area contributed by atoms with Crippen LogP contribution in [0.5, 0.6) is 0 Å². The molecule has 0 aromatic heterocycles. The molecular weight excluding hydrogens is 281 g/mol. The first-order valence-corrected chi connectivity index (χ1v) is 6.90. The highest BCUT2D eigenvalue weighted by molar-refractivity contribution is 5.95. The van der Waals surface area contributed by atoms with Gasteiger partial charge < -0.3 is 11.5 Å². The third-order valence-electron chi connectivity index (χ3n) is 3.37. The van der Waals surface area contributed by atoms with Crippen LogP contribution in [0.15, 0.2) is 53.5 Å². The molecule has 1 atom stereocenters. The Morgan fingerprint density at radius 1 is 1.09 bits per heavy atom. The first-order chi connectivity index (χ1) is 10.5. The maximum atomic E-state index is 13.0. The third-order valence-corrected chi connectivity index (χ3v) is 3.37. The van der Waals surface area contributed by atoms with Crippen molar-refractivity contribution in [2.75, 3.05) is 0 Å². The van der Waals surface area contributed by atoms with Gasteiger partial charge in [0.2, 0.25) is 0 Å². The lowest BCUT2D eigenvalue weighted by atomic mass is 9.91. The van der Waals surface area contributed by atoms with Crippen LogP contribution in [-0.2, 0) is 11.2 Å². The first kappa shape index (κ1) is 15.7. The summed E-state index contributed by atoms with van der Waals surface area (Å²) in [7, 11) is 0. The van der Waals surface area contributed by atoms with Crippen molar-refractivity contribution < 1.29 is 9.18 Å². The van der Waals surface area contributed by atoms with E-state index in [0.717, 1.165) is 16.7 Å². The predicted molar refractivity (Wildman–Crippen MR) is 84.8 cm³/mol. The van der Waals surface area contributed by atoms with Crippen molar-refractivity contribution in [3.8, 4) is 0 Å². The molecule has 2 aromatic carbocycles. The van der Waals surface area contributed by atoms with E-state index in [1.807, 2.05) is 31.2 Å². The number of nitrogens with two attached hydrogens (primary N) is 2. The molecule has 2 rings (SSSR count). The quantitative estimate of drug-likeness (QED) is 0.671. The molecule has 22 heavy (non-hydrogen) atoms. The number of aliphatic imine (C=N–C) groups is 1. The van der Waals surface area contributed by atoms with Crippen LogP contribution in [0, 0.1) is 12.7 Å². The van der Waals surface area contributed by atoms with E-state index in [-0.39, 0.29) is 11.8 Å². The number of carbonyl (C=O) groups excluding carboxylic acids is 1. The second kappa shape index (κ2) is 6.85. The van der Waals surface area contributed by atoms with Gasteiger partial charge in [0.25, 0.3) is 5.91 Å². The van der Waals surface area contributed by atoms with Crippen LogP contribution in [-0.4, -0.2) is 11.9 Å². The van der Waals surface area contributed by atoms with E-state index < -0.39 is 11.8 Å². The van der Waals surface area contributed by atoms with Crippen molar-refractivity contribution in [2.24, 2.45) is 16.5 Å². The number of amides is 1. The minimum Gasteiger partial charge on any atom is -0.370 e. The highest BCUT2D eigenvalue weighted by Crippen LogP contribution is 2.23. The number of hydrogen-bond donors (Lipinski definition) is 2. The van der Waals surface area contributed by atoms with Gasteiger partial charge in [0.15, 0.2) is 5.96 Å². The molecule has 1 amide bonds. The van der Waals surface area contributed by atoms with E-state index >= 15 is 0 Å². The van der Waals surface area contributed by atoms with Gasteiger partial charge in [-0.25, -0.2) is 4.39 Å². The Morgan fingerprint density at radius 3 is 2.23 bits per heavy atom. The van der Waals surface area contributed by atoms with Gasteiger partial charge in [0, 0.05) is 0 Å². The molecule has 2 aromatic rings. The smallest absolute Gasteiger partial charge is 0.256 e. The summed E-state index contributed by atoms with van der Waals surface area (Å²) >= 11 is 0. The zero-order valence-corrected chi connectivity index (χ0v) is 12.3. The minimum absolute atomic E-state index is 0.263. The van der Waals surface area contributed by atoms with Crippen molar-refractivity contribution >= 4 is 11.9 Å². The van der Waals surface area contributed by atoms with Crippen LogP contribution in [0.4, 0.5) is 4.39 Å². The Morgan fingerprint density at radius 2 is 1.68 bits per heavy atom. The molecule has 4 N–H and O–H groups in total. The van der Waals surface area contributed by atoms with Gasteiger partial charge in [-0.3, -0.25) is 4.79 Å². The number of halogens is 1. The second-order valence-corrected chi connectivity index (χ2v) is 5.17. The van der Waals surface area contributed by atoms with Crippen LogP contribution in [0.3, 0.4) is 0 Å². The van der Waals surface area contributed by atoms with Crippen LogP contribution < -0.4 is 11.5 Å². The van der Waals surface area contributed by atoms with Crippen LogP contribution in [0.1, 0.15) is 22.6 Å².